The van der Waals surface area contributed by atoms with Crippen LogP contribution < -0.4 is 5.43 Å². The van der Waals surface area contributed by atoms with Gasteiger partial charge in [0.05, 0.1) is 17.7 Å². The molecule has 1 amide bonds. The molecule has 4 nitrogen and oxygen atoms in total. The van der Waals surface area contributed by atoms with Crippen LogP contribution in [0.2, 0.25) is 0 Å². The Bertz CT molecular complexity index is 357. The molecule has 0 saturated heterocycles. The van der Waals surface area contributed by atoms with Crippen molar-refractivity contribution in [1.29, 1.82) is 0 Å². The summed E-state index contributed by atoms with van der Waals surface area (Å²) in [6.07, 6.45) is -0.558. The number of hydrogen-bond donors (Lipinski definition) is 1. The van der Waals surface area contributed by atoms with E-state index >= 15 is 0 Å². The van der Waals surface area contributed by atoms with Gasteiger partial charge < -0.3 is 4.74 Å². The van der Waals surface area contributed by atoms with E-state index in [1.807, 2.05) is 26.0 Å². The first-order chi connectivity index (χ1) is 6.63. The number of hydrazone groups is 1. The molecule has 0 aliphatic carbocycles. The van der Waals surface area contributed by atoms with Gasteiger partial charge in [0.1, 0.15) is 0 Å². The molecule has 14 heavy (non-hydrogen) atoms. The molecule has 0 saturated carbocycles. The summed E-state index contributed by atoms with van der Waals surface area (Å²) in [7, 11) is 1.30. The number of nitrogens with zero attached hydrogens (tertiary/aromatic N) is 1. The van der Waals surface area contributed by atoms with Crippen molar-refractivity contribution in [2.24, 2.45) is 5.10 Å². The lowest BCUT2D eigenvalue weighted by Crippen LogP contribution is -2.18. The van der Waals surface area contributed by atoms with Gasteiger partial charge in [0.25, 0.3) is 0 Å². The Morgan fingerprint density at radius 1 is 1.57 bits per heavy atom. The number of amides is 1. The van der Waals surface area contributed by atoms with E-state index in [-0.39, 0.29) is 0 Å². The number of carbonyl (C=O) groups excluding carboxylic acids is 1. The van der Waals surface area contributed by atoms with E-state index in [1.54, 1.807) is 11.3 Å². The van der Waals surface area contributed by atoms with E-state index in [4.69, 9.17) is 0 Å². The van der Waals surface area contributed by atoms with E-state index in [1.165, 1.54) is 12.0 Å². The van der Waals surface area contributed by atoms with Crippen LogP contribution in [0.1, 0.15) is 16.7 Å². The molecule has 0 atom stereocenters. The van der Waals surface area contributed by atoms with Crippen molar-refractivity contribution >= 4 is 23.1 Å². The van der Waals surface area contributed by atoms with Gasteiger partial charge in [-0.05, 0) is 26.0 Å². The van der Waals surface area contributed by atoms with Gasteiger partial charge in [0, 0.05) is 4.88 Å². The number of ether oxygens (including phenoxy) is 1. The highest BCUT2D eigenvalue weighted by atomic mass is 32.1. The van der Waals surface area contributed by atoms with E-state index in [2.05, 4.69) is 15.3 Å². The van der Waals surface area contributed by atoms with Gasteiger partial charge in [0.2, 0.25) is 0 Å². The van der Waals surface area contributed by atoms with Gasteiger partial charge in [-0.15, -0.1) is 11.3 Å². The average Bonchev–Trinajstić information content (AvgIpc) is 2.60. The third-order valence-electron chi connectivity index (χ3n) is 1.60. The number of thiophene rings is 1. The van der Waals surface area contributed by atoms with Gasteiger partial charge in [-0.1, -0.05) is 0 Å². The summed E-state index contributed by atoms with van der Waals surface area (Å²) in [5.41, 5.74) is 3.05. The Morgan fingerprint density at radius 3 is 2.79 bits per heavy atom. The maximum atomic E-state index is 10.7. The monoisotopic (exact) mass is 212 g/mol. The van der Waals surface area contributed by atoms with Crippen molar-refractivity contribution < 1.29 is 9.53 Å². The summed E-state index contributed by atoms with van der Waals surface area (Å²) in [6.45, 7) is 3.86. The van der Waals surface area contributed by atoms with Crippen LogP contribution in [0.3, 0.4) is 0 Å². The maximum absolute atomic E-state index is 10.7. The minimum absolute atomic E-state index is 0.558. The molecular formula is C9H12N2O2S. The van der Waals surface area contributed by atoms with Crippen molar-refractivity contribution in [3.63, 3.8) is 0 Å². The zero-order valence-corrected chi connectivity index (χ0v) is 9.14. The van der Waals surface area contributed by atoms with E-state index in [0.717, 1.165) is 10.6 Å². The normalized spacial score (nSPS) is 11.2. The second-order valence-electron chi connectivity index (χ2n) is 2.71. The summed E-state index contributed by atoms with van der Waals surface area (Å²) >= 11 is 1.63. The molecule has 1 heterocycles. The highest BCUT2D eigenvalue weighted by Gasteiger charge is 2.01. The van der Waals surface area contributed by atoms with Crippen molar-refractivity contribution in [3.8, 4) is 0 Å². The molecule has 1 N–H and O–H groups in total. The predicted molar refractivity (Wildman–Crippen MR) is 56.8 cm³/mol. The van der Waals surface area contributed by atoms with Crippen LogP contribution in [0.25, 0.3) is 0 Å². The summed E-state index contributed by atoms with van der Waals surface area (Å²) in [5, 5.41) is 3.88. The fraction of sp³-hybridized carbons (Fsp3) is 0.333. The molecule has 0 aromatic carbocycles. The smallest absolute Gasteiger partial charge is 0.427 e. The average molecular weight is 212 g/mol. The van der Waals surface area contributed by atoms with E-state index < -0.39 is 6.09 Å². The molecule has 0 spiro atoms. The first kappa shape index (κ1) is 10.7. The number of nitrogens with one attached hydrogen (secondary N) is 1. The molecule has 5 heteroatoms. The lowest BCUT2D eigenvalue weighted by Gasteiger charge is -1.98. The second-order valence-corrected chi connectivity index (χ2v) is 4.00. The molecule has 0 unspecified atom stereocenters. The molecule has 0 radical (unpaired) electrons. The van der Waals surface area contributed by atoms with Crippen molar-refractivity contribution in [1.82, 2.24) is 5.43 Å². The molecule has 0 fully saturated rings. The van der Waals surface area contributed by atoms with Crippen LogP contribution in [-0.2, 0) is 4.74 Å². The maximum Gasteiger partial charge on any atom is 0.427 e. The van der Waals surface area contributed by atoms with Gasteiger partial charge in [-0.25, -0.2) is 10.2 Å². The fourth-order valence-electron chi connectivity index (χ4n) is 0.859. The van der Waals surface area contributed by atoms with Crippen molar-refractivity contribution in [3.05, 3.63) is 21.9 Å². The number of methoxy groups -OCH3 is 1. The summed E-state index contributed by atoms with van der Waals surface area (Å²) < 4.78 is 4.39. The fourth-order valence-corrected chi connectivity index (χ4v) is 1.67. The minimum Gasteiger partial charge on any atom is -0.452 e. The van der Waals surface area contributed by atoms with Crippen molar-refractivity contribution in [2.45, 2.75) is 13.8 Å². The molecule has 1 aromatic rings. The van der Waals surface area contributed by atoms with Crippen LogP contribution in [0.5, 0.6) is 0 Å². The Morgan fingerprint density at radius 2 is 2.29 bits per heavy atom. The first-order valence-electron chi connectivity index (χ1n) is 4.08. The molecule has 1 aromatic heterocycles. The molecule has 0 bridgehead atoms. The van der Waals surface area contributed by atoms with Crippen LogP contribution in [0.4, 0.5) is 4.79 Å². The highest BCUT2D eigenvalue weighted by Crippen LogP contribution is 2.15. The van der Waals surface area contributed by atoms with Crippen LogP contribution in [-0.4, -0.2) is 18.9 Å². The van der Waals surface area contributed by atoms with Gasteiger partial charge in [-0.3, -0.25) is 0 Å². The Kier molecular flexibility index (Phi) is 3.64. The zero-order valence-electron chi connectivity index (χ0n) is 8.33. The molecular weight excluding hydrogens is 200 g/mol. The number of hydrogen-bond acceptors (Lipinski definition) is 4. The summed E-state index contributed by atoms with van der Waals surface area (Å²) in [4.78, 5) is 13.0. The zero-order chi connectivity index (χ0) is 10.6. The van der Waals surface area contributed by atoms with Crippen LogP contribution in [0, 0.1) is 6.92 Å². The quantitative estimate of drug-likeness (QED) is 0.603. The first-order valence-corrected chi connectivity index (χ1v) is 4.90. The Labute approximate surface area is 86.6 Å². The molecule has 0 aliphatic heterocycles. The Hall–Kier alpha value is -1.36. The lowest BCUT2D eigenvalue weighted by atomic mass is 10.3. The minimum atomic E-state index is -0.558. The lowest BCUT2D eigenvalue weighted by molar-refractivity contribution is 0.171. The highest BCUT2D eigenvalue weighted by molar-refractivity contribution is 7.14. The second kappa shape index (κ2) is 4.76. The molecule has 1 rings (SSSR count). The SMILES string of the molecule is COC(=O)NN=C(C)c1ccc(C)s1. The number of aryl methyl sites for hydroxylation is 1. The molecule has 76 valence electrons. The standard InChI is InChI=1S/C9H12N2O2S/c1-6-4-5-8(14-6)7(2)10-11-9(12)13-3/h4-5H,1-3H3,(H,11,12). The van der Waals surface area contributed by atoms with Gasteiger partial charge >= 0.3 is 6.09 Å². The Balaban J connectivity index is 2.65. The largest absolute Gasteiger partial charge is 0.452 e. The van der Waals surface area contributed by atoms with Gasteiger partial charge in [0.15, 0.2) is 0 Å². The number of carbonyl (C=O) groups is 1. The third-order valence-corrected chi connectivity index (χ3v) is 2.71. The van der Waals surface area contributed by atoms with Crippen molar-refractivity contribution in [2.75, 3.05) is 7.11 Å². The van der Waals surface area contributed by atoms with Crippen LogP contribution in [0.15, 0.2) is 17.2 Å². The number of rotatable bonds is 2. The summed E-state index contributed by atoms with van der Waals surface area (Å²) in [6, 6.07) is 3.98. The predicted octanol–water partition coefficient (Wildman–Crippen LogP) is 2.14. The third kappa shape index (κ3) is 2.85. The van der Waals surface area contributed by atoms with Gasteiger partial charge in [-0.2, -0.15) is 5.10 Å². The van der Waals surface area contributed by atoms with E-state index in [0.29, 0.717) is 0 Å². The summed E-state index contributed by atoms with van der Waals surface area (Å²) in [5.74, 6) is 0. The van der Waals surface area contributed by atoms with Crippen LogP contribution >= 0.6 is 11.3 Å². The van der Waals surface area contributed by atoms with E-state index in [9.17, 15) is 4.79 Å². The molecule has 0 aliphatic rings. The topological polar surface area (TPSA) is 50.7 Å².